The predicted octanol–water partition coefficient (Wildman–Crippen LogP) is 3.01. The fourth-order valence-corrected chi connectivity index (χ4v) is 2.32. The van der Waals surface area contributed by atoms with Gasteiger partial charge in [0.25, 0.3) is 0 Å². The van der Waals surface area contributed by atoms with Gasteiger partial charge in [0.1, 0.15) is 6.61 Å². The minimum absolute atomic E-state index is 0.143. The first-order valence-corrected chi connectivity index (χ1v) is 6.77. The number of hydrogen-bond acceptors (Lipinski definition) is 2. The Kier molecular flexibility index (Phi) is 3.60. The first-order chi connectivity index (χ1) is 10.3. The molecule has 0 amide bonds. The maximum Gasteiger partial charge on any atom is 0.356 e. The number of para-hydroxylation sites is 1. The summed E-state index contributed by atoms with van der Waals surface area (Å²) in [6.45, 7) is 0.420. The fraction of sp³-hybridized carbons (Fsp3) is 0.118. The summed E-state index contributed by atoms with van der Waals surface area (Å²) < 4.78 is 1.40. The minimum Gasteiger partial charge on any atom is -0.476 e. The van der Waals surface area contributed by atoms with Crippen molar-refractivity contribution in [3.8, 4) is 0 Å². The molecule has 0 fully saturated rings. The van der Waals surface area contributed by atoms with Crippen LogP contribution in [0.4, 0.5) is 0 Å². The van der Waals surface area contributed by atoms with Crippen LogP contribution in [0.25, 0.3) is 10.9 Å². The number of hydrogen-bond donors (Lipinski definition) is 1. The summed E-state index contributed by atoms with van der Waals surface area (Å²) in [5.74, 6) is -0.995. The van der Waals surface area contributed by atoms with Gasteiger partial charge >= 0.3 is 5.97 Å². The van der Waals surface area contributed by atoms with Gasteiger partial charge in [-0.25, -0.2) is 4.79 Å². The van der Waals surface area contributed by atoms with Gasteiger partial charge in [0, 0.05) is 11.8 Å². The molecule has 0 saturated heterocycles. The quantitative estimate of drug-likeness (QED) is 0.782. The van der Waals surface area contributed by atoms with Gasteiger partial charge in [-0.1, -0.05) is 48.5 Å². The van der Waals surface area contributed by atoms with Crippen LogP contribution in [0.2, 0.25) is 0 Å². The summed E-state index contributed by atoms with van der Waals surface area (Å²) in [5.41, 5.74) is 2.07. The highest BCUT2D eigenvalue weighted by atomic mass is 16.7. The highest BCUT2D eigenvalue weighted by molar-refractivity contribution is 5.94. The lowest BCUT2D eigenvalue weighted by Crippen LogP contribution is -2.19. The van der Waals surface area contributed by atoms with Crippen LogP contribution in [0.1, 0.15) is 16.1 Å². The Hall–Kier alpha value is -2.75. The maximum atomic E-state index is 11.3. The van der Waals surface area contributed by atoms with Crippen molar-refractivity contribution in [3.05, 3.63) is 71.9 Å². The van der Waals surface area contributed by atoms with E-state index in [1.807, 2.05) is 54.6 Å². The number of aromatic carboxylic acids is 1. The van der Waals surface area contributed by atoms with Gasteiger partial charge in [-0.15, -0.1) is 0 Å². The molecule has 0 bridgehead atoms. The molecule has 0 aliphatic carbocycles. The summed E-state index contributed by atoms with van der Waals surface area (Å²) >= 11 is 0. The lowest BCUT2D eigenvalue weighted by atomic mass is 10.2. The van der Waals surface area contributed by atoms with E-state index in [4.69, 9.17) is 4.84 Å². The lowest BCUT2D eigenvalue weighted by molar-refractivity contribution is 0.0612. The molecule has 0 spiro atoms. The molecule has 4 heteroatoms. The fourth-order valence-electron chi connectivity index (χ4n) is 2.32. The molecule has 21 heavy (non-hydrogen) atoms. The molecule has 1 heterocycles. The van der Waals surface area contributed by atoms with Crippen LogP contribution in [0, 0.1) is 0 Å². The van der Waals surface area contributed by atoms with Gasteiger partial charge in [0.05, 0.1) is 5.52 Å². The molecule has 1 aromatic heterocycles. The molecular formula is C17H15NO3. The number of carboxylic acids is 1. The third kappa shape index (κ3) is 2.74. The molecule has 0 saturated carbocycles. The first kappa shape index (κ1) is 13.2. The molecule has 3 rings (SSSR count). The minimum atomic E-state index is -0.995. The van der Waals surface area contributed by atoms with E-state index in [1.54, 1.807) is 6.07 Å². The number of nitrogens with zero attached hydrogens (tertiary/aromatic N) is 1. The van der Waals surface area contributed by atoms with Crippen molar-refractivity contribution in [2.24, 2.45) is 0 Å². The predicted molar refractivity (Wildman–Crippen MR) is 80.5 cm³/mol. The van der Waals surface area contributed by atoms with Gasteiger partial charge in [-0.3, -0.25) is 0 Å². The van der Waals surface area contributed by atoms with Crippen molar-refractivity contribution >= 4 is 16.9 Å². The van der Waals surface area contributed by atoms with Crippen LogP contribution in [-0.2, 0) is 6.42 Å². The molecular weight excluding hydrogens is 266 g/mol. The zero-order valence-corrected chi connectivity index (χ0v) is 11.4. The number of fused-ring (bicyclic) bond motifs is 1. The van der Waals surface area contributed by atoms with Gasteiger partial charge < -0.3 is 9.94 Å². The molecule has 3 aromatic rings. The summed E-state index contributed by atoms with van der Waals surface area (Å²) in [6.07, 6.45) is 0.729. The van der Waals surface area contributed by atoms with Crippen molar-refractivity contribution in [2.75, 3.05) is 6.61 Å². The number of carbonyl (C=O) groups is 1. The average Bonchev–Trinajstić information content (AvgIpc) is 2.88. The van der Waals surface area contributed by atoms with E-state index in [0.29, 0.717) is 6.61 Å². The van der Waals surface area contributed by atoms with E-state index in [1.165, 1.54) is 4.73 Å². The van der Waals surface area contributed by atoms with Gasteiger partial charge in [0.15, 0.2) is 5.69 Å². The van der Waals surface area contributed by atoms with Gasteiger partial charge in [-0.05, 0) is 17.7 Å². The SMILES string of the molecule is O=C(O)c1cc2ccccc2n1OCCc1ccccc1. The van der Waals surface area contributed by atoms with E-state index < -0.39 is 5.97 Å². The van der Waals surface area contributed by atoms with Gasteiger partial charge in [-0.2, -0.15) is 4.73 Å². The van der Waals surface area contributed by atoms with Crippen LogP contribution in [0.15, 0.2) is 60.7 Å². The largest absolute Gasteiger partial charge is 0.476 e. The van der Waals surface area contributed by atoms with Crippen LogP contribution in [-0.4, -0.2) is 22.4 Å². The third-order valence-corrected chi connectivity index (χ3v) is 3.34. The Bertz CT molecular complexity index is 762. The Morgan fingerprint density at radius 1 is 1.05 bits per heavy atom. The van der Waals surface area contributed by atoms with E-state index in [2.05, 4.69) is 0 Å². The van der Waals surface area contributed by atoms with Crippen LogP contribution < -0.4 is 4.84 Å². The molecule has 0 atom stereocenters. The Labute approximate surface area is 122 Å². The van der Waals surface area contributed by atoms with Crippen molar-refractivity contribution in [1.29, 1.82) is 0 Å². The van der Waals surface area contributed by atoms with Crippen molar-refractivity contribution in [2.45, 2.75) is 6.42 Å². The second-order valence-corrected chi connectivity index (χ2v) is 4.76. The average molecular weight is 281 g/mol. The third-order valence-electron chi connectivity index (χ3n) is 3.34. The Morgan fingerprint density at radius 3 is 2.52 bits per heavy atom. The maximum absolute atomic E-state index is 11.3. The molecule has 0 unspecified atom stereocenters. The van der Waals surface area contributed by atoms with Crippen LogP contribution >= 0.6 is 0 Å². The normalized spacial score (nSPS) is 10.7. The highest BCUT2D eigenvalue weighted by Gasteiger charge is 2.15. The van der Waals surface area contributed by atoms with Crippen LogP contribution in [0.3, 0.4) is 0 Å². The van der Waals surface area contributed by atoms with E-state index in [-0.39, 0.29) is 5.69 Å². The van der Waals surface area contributed by atoms with Crippen molar-refractivity contribution < 1.29 is 14.7 Å². The summed E-state index contributed by atoms with van der Waals surface area (Å²) in [6, 6.07) is 19.1. The van der Waals surface area contributed by atoms with E-state index in [0.717, 1.165) is 22.9 Å². The summed E-state index contributed by atoms with van der Waals surface area (Å²) in [4.78, 5) is 17.0. The number of aromatic nitrogens is 1. The molecule has 0 aliphatic heterocycles. The van der Waals surface area contributed by atoms with Gasteiger partial charge in [0.2, 0.25) is 0 Å². The van der Waals surface area contributed by atoms with Crippen LogP contribution in [0.5, 0.6) is 0 Å². The monoisotopic (exact) mass is 281 g/mol. The Balaban J connectivity index is 1.82. The second kappa shape index (κ2) is 5.71. The van der Waals surface area contributed by atoms with E-state index >= 15 is 0 Å². The number of rotatable bonds is 5. The first-order valence-electron chi connectivity index (χ1n) is 6.77. The van der Waals surface area contributed by atoms with E-state index in [9.17, 15) is 9.90 Å². The van der Waals surface area contributed by atoms with Crippen molar-refractivity contribution in [1.82, 2.24) is 4.73 Å². The molecule has 106 valence electrons. The molecule has 2 aromatic carbocycles. The lowest BCUT2D eigenvalue weighted by Gasteiger charge is -2.10. The second-order valence-electron chi connectivity index (χ2n) is 4.76. The Morgan fingerprint density at radius 2 is 1.76 bits per heavy atom. The zero-order chi connectivity index (χ0) is 14.7. The standard InChI is InChI=1S/C17H15NO3/c19-17(20)16-12-14-8-4-5-9-15(14)18(16)21-11-10-13-6-2-1-3-7-13/h1-9,12H,10-11H2,(H,19,20). The number of carboxylic acid groups (broad SMARTS) is 1. The summed E-state index contributed by atoms with van der Waals surface area (Å²) in [7, 11) is 0. The molecule has 0 aliphatic rings. The molecule has 0 radical (unpaired) electrons. The molecule has 4 nitrogen and oxygen atoms in total. The van der Waals surface area contributed by atoms with Crippen molar-refractivity contribution in [3.63, 3.8) is 0 Å². The number of benzene rings is 2. The highest BCUT2D eigenvalue weighted by Crippen LogP contribution is 2.18. The smallest absolute Gasteiger partial charge is 0.356 e. The molecule has 1 N–H and O–H groups in total. The zero-order valence-electron chi connectivity index (χ0n) is 11.4. The topological polar surface area (TPSA) is 51.5 Å². The summed E-state index contributed by atoms with van der Waals surface area (Å²) in [5, 5.41) is 10.1.